The Kier molecular flexibility index (Phi) is 5.98. The average molecular weight is 457 g/mol. The molecule has 0 radical (unpaired) electrons. The van der Waals surface area contributed by atoms with Gasteiger partial charge in [-0.05, 0) is 91.3 Å². The molecule has 5 nitrogen and oxygen atoms in total. The van der Waals surface area contributed by atoms with Crippen molar-refractivity contribution in [3.05, 3.63) is 89.0 Å². The van der Waals surface area contributed by atoms with Crippen molar-refractivity contribution >= 4 is 17.6 Å². The topological polar surface area (TPSA) is 78.4 Å². The lowest BCUT2D eigenvalue weighted by molar-refractivity contribution is 0.0696. The number of amides is 1. The van der Waals surface area contributed by atoms with Crippen LogP contribution in [0.25, 0.3) is 11.1 Å². The number of carbonyl (C=O) groups is 2. The lowest BCUT2D eigenvalue weighted by Crippen LogP contribution is -2.40. The molecule has 3 aromatic carbocycles. The SMILES string of the molecule is CC(C)(C)NC(=O)c1ccc(-c2cccc(C3Nc4ccc(C(=O)O)cc4CC3(C)C)c2)cc1. The van der Waals surface area contributed by atoms with Gasteiger partial charge in [-0.25, -0.2) is 4.79 Å². The van der Waals surface area contributed by atoms with Crippen molar-refractivity contribution < 1.29 is 14.7 Å². The van der Waals surface area contributed by atoms with Crippen LogP contribution in [0.5, 0.6) is 0 Å². The van der Waals surface area contributed by atoms with Crippen molar-refractivity contribution in [3.63, 3.8) is 0 Å². The number of aromatic carboxylic acids is 1. The Morgan fingerprint density at radius 3 is 2.26 bits per heavy atom. The summed E-state index contributed by atoms with van der Waals surface area (Å²) in [7, 11) is 0. The molecule has 0 aromatic heterocycles. The van der Waals surface area contributed by atoms with Crippen LogP contribution < -0.4 is 10.6 Å². The first kappa shape index (κ1) is 23.6. The van der Waals surface area contributed by atoms with Crippen LogP contribution in [-0.4, -0.2) is 22.5 Å². The normalized spacial score (nSPS) is 16.8. The highest BCUT2D eigenvalue weighted by molar-refractivity contribution is 5.95. The van der Waals surface area contributed by atoms with Crippen LogP contribution in [0.2, 0.25) is 0 Å². The molecule has 4 rings (SSSR count). The largest absolute Gasteiger partial charge is 0.478 e. The fraction of sp³-hybridized carbons (Fsp3) is 0.310. The van der Waals surface area contributed by atoms with Gasteiger partial charge in [0, 0.05) is 16.8 Å². The molecular formula is C29H32N2O3. The number of hydrogen-bond acceptors (Lipinski definition) is 3. The molecule has 0 aliphatic carbocycles. The second-order valence-corrected chi connectivity index (χ2v) is 10.8. The van der Waals surface area contributed by atoms with E-state index in [-0.39, 0.29) is 22.9 Å². The Labute approximate surface area is 201 Å². The van der Waals surface area contributed by atoms with Crippen molar-refractivity contribution in [3.8, 4) is 11.1 Å². The highest BCUT2D eigenvalue weighted by atomic mass is 16.4. The monoisotopic (exact) mass is 456 g/mol. The van der Waals surface area contributed by atoms with Crippen molar-refractivity contribution in [2.75, 3.05) is 5.32 Å². The number of anilines is 1. The van der Waals surface area contributed by atoms with Gasteiger partial charge in [0.15, 0.2) is 0 Å². The minimum atomic E-state index is -0.905. The zero-order chi connectivity index (χ0) is 24.7. The smallest absolute Gasteiger partial charge is 0.335 e. The Hall–Kier alpha value is -3.60. The van der Waals surface area contributed by atoms with E-state index in [4.69, 9.17) is 0 Å². The summed E-state index contributed by atoms with van der Waals surface area (Å²) in [5, 5.41) is 16.0. The summed E-state index contributed by atoms with van der Waals surface area (Å²) in [5.74, 6) is -0.983. The van der Waals surface area contributed by atoms with Crippen molar-refractivity contribution in [1.82, 2.24) is 5.32 Å². The average Bonchev–Trinajstić information content (AvgIpc) is 2.76. The van der Waals surface area contributed by atoms with Crippen molar-refractivity contribution in [2.45, 2.75) is 52.6 Å². The van der Waals surface area contributed by atoms with E-state index >= 15 is 0 Å². The van der Waals surface area contributed by atoms with Crippen LogP contribution in [0.3, 0.4) is 0 Å². The molecule has 0 saturated heterocycles. The van der Waals surface area contributed by atoms with Crippen LogP contribution >= 0.6 is 0 Å². The third-order valence-electron chi connectivity index (χ3n) is 6.27. The highest BCUT2D eigenvalue weighted by Crippen LogP contribution is 2.45. The fourth-order valence-corrected chi connectivity index (χ4v) is 4.62. The molecule has 34 heavy (non-hydrogen) atoms. The number of nitrogens with one attached hydrogen (secondary N) is 2. The zero-order valence-corrected chi connectivity index (χ0v) is 20.4. The maximum Gasteiger partial charge on any atom is 0.335 e. The van der Waals surface area contributed by atoms with Gasteiger partial charge in [-0.3, -0.25) is 4.79 Å². The molecule has 0 bridgehead atoms. The van der Waals surface area contributed by atoms with Gasteiger partial charge >= 0.3 is 5.97 Å². The van der Waals surface area contributed by atoms with E-state index in [1.54, 1.807) is 12.1 Å². The van der Waals surface area contributed by atoms with Crippen LogP contribution in [0.1, 0.15) is 72.5 Å². The Bertz CT molecular complexity index is 1240. The number of carbonyl (C=O) groups excluding carboxylic acids is 1. The van der Waals surface area contributed by atoms with E-state index in [2.05, 4.69) is 48.7 Å². The van der Waals surface area contributed by atoms with Crippen LogP contribution in [0.15, 0.2) is 66.7 Å². The summed E-state index contributed by atoms with van der Waals surface area (Å²) < 4.78 is 0. The number of hydrogen-bond donors (Lipinski definition) is 3. The van der Waals surface area contributed by atoms with Gasteiger partial charge in [-0.1, -0.05) is 44.2 Å². The number of rotatable bonds is 4. The summed E-state index contributed by atoms with van der Waals surface area (Å²) in [6.45, 7) is 10.3. The van der Waals surface area contributed by atoms with E-state index in [9.17, 15) is 14.7 Å². The second kappa shape index (κ2) is 8.64. The van der Waals surface area contributed by atoms with Gasteiger partial charge in [0.1, 0.15) is 0 Å². The molecule has 3 aromatic rings. The molecule has 0 spiro atoms. The molecule has 1 aliphatic heterocycles. The quantitative estimate of drug-likeness (QED) is 0.429. The summed E-state index contributed by atoms with van der Waals surface area (Å²) in [6.07, 6.45) is 0.781. The second-order valence-electron chi connectivity index (χ2n) is 10.8. The molecule has 1 heterocycles. The number of carboxylic acid groups (broad SMARTS) is 1. The molecule has 176 valence electrons. The lowest BCUT2D eigenvalue weighted by Gasteiger charge is -2.41. The number of fused-ring (bicyclic) bond motifs is 1. The van der Waals surface area contributed by atoms with Crippen LogP contribution in [0.4, 0.5) is 5.69 Å². The number of carboxylic acids is 1. The summed E-state index contributed by atoms with van der Waals surface area (Å²) >= 11 is 0. The summed E-state index contributed by atoms with van der Waals surface area (Å²) in [5.41, 5.74) is 5.88. The van der Waals surface area contributed by atoms with E-state index in [1.807, 2.05) is 51.1 Å². The van der Waals surface area contributed by atoms with Gasteiger partial charge in [0.05, 0.1) is 11.6 Å². The van der Waals surface area contributed by atoms with Gasteiger partial charge in [-0.2, -0.15) is 0 Å². The van der Waals surface area contributed by atoms with Crippen molar-refractivity contribution in [2.24, 2.45) is 5.41 Å². The minimum absolute atomic E-state index is 0.0764. The molecule has 1 amide bonds. The summed E-state index contributed by atoms with van der Waals surface area (Å²) in [4.78, 5) is 23.8. The fourth-order valence-electron chi connectivity index (χ4n) is 4.62. The maximum absolute atomic E-state index is 12.4. The van der Waals surface area contributed by atoms with E-state index < -0.39 is 5.97 Å². The predicted molar refractivity (Wildman–Crippen MR) is 136 cm³/mol. The van der Waals surface area contributed by atoms with Crippen LogP contribution in [-0.2, 0) is 6.42 Å². The first-order valence-electron chi connectivity index (χ1n) is 11.6. The molecule has 1 unspecified atom stereocenters. The Balaban J connectivity index is 1.60. The van der Waals surface area contributed by atoms with E-state index in [1.165, 1.54) is 5.56 Å². The maximum atomic E-state index is 12.4. The number of benzene rings is 3. The lowest BCUT2D eigenvalue weighted by atomic mass is 9.72. The van der Waals surface area contributed by atoms with Gasteiger partial charge in [-0.15, -0.1) is 0 Å². The Morgan fingerprint density at radius 2 is 1.62 bits per heavy atom. The van der Waals surface area contributed by atoms with Gasteiger partial charge in [0.2, 0.25) is 0 Å². The minimum Gasteiger partial charge on any atom is -0.478 e. The molecular weight excluding hydrogens is 424 g/mol. The zero-order valence-electron chi connectivity index (χ0n) is 20.4. The van der Waals surface area contributed by atoms with E-state index in [0.717, 1.165) is 28.8 Å². The highest BCUT2D eigenvalue weighted by Gasteiger charge is 2.36. The summed E-state index contributed by atoms with van der Waals surface area (Å²) in [6, 6.07) is 21.5. The molecule has 0 saturated carbocycles. The van der Waals surface area contributed by atoms with Crippen molar-refractivity contribution in [1.29, 1.82) is 0 Å². The first-order valence-corrected chi connectivity index (χ1v) is 11.6. The standard InChI is InChI=1S/C29H32N2O3/c1-28(2,3)31-26(32)19-11-9-18(10-12-19)20-7-6-8-21(15-20)25-29(4,5)17-23-16-22(27(33)34)13-14-24(23)30-25/h6-16,25,30H,17H2,1-5H3,(H,31,32)(H,33,34). The van der Waals surface area contributed by atoms with E-state index in [0.29, 0.717) is 11.1 Å². The third-order valence-corrected chi connectivity index (χ3v) is 6.27. The Morgan fingerprint density at radius 1 is 0.941 bits per heavy atom. The molecule has 0 fully saturated rings. The van der Waals surface area contributed by atoms with Crippen LogP contribution in [0, 0.1) is 5.41 Å². The van der Waals surface area contributed by atoms with Gasteiger partial charge in [0.25, 0.3) is 5.91 Å². The molecule has 1 aliphatic rings. The third kappa shape index (κ3) is 4.98. The molecule has 5 heteroatoms. The predicted octanol–water partition coefficient (Wildman–Crippen LogP) is 6.32. The molecule has 3 N–H and O–H groups in total. The van der Waals surface area contributed by atoms with Gasteiger partial charge < -0.3 is 15.7 Å². The molecule has 1 atom stereocenters. The first-order chi connectivity index (χ1) is 15.9.